The van der Waals surface area contributed by atoms with Gasteiger partial charge in [-0.2, -0.15) is 5.10 Å². The minimum Gasteiger partial charge on any atom is -0.308 e. The van der Waals surface area contributed by atoms with E-state index in [-0.39, 0.29) is 0 Å². The highest BCUT2D eigenvalue weighted by molar-refractivity contribution is 5.80. The van der Waals surface area contributed by atoms with Crippen LogP contribution in [0.4, 0.5) is 5.82 Å². The summed E-state index contributed by atoms with van der Waals surface area (Å²) in [4.78, 5) is 8.33. The average Bonchev–Trinajstić information content (AvgIpc) is 2.83. The summed E-state index contributed by atoms with van der Waals surface area (Å²) in [7, 11) is 0. The van der Waals surface area contributed by atoms with Crippen molar-refractivity contribution in [2.24, 2.45) is 5.84 Å². The van der Waals surface area contributed by atoms with Gasteiger partial charge in [-0.3, -0.25) is 0 Å². The molecule has 0 aliphatic heterocycles. The maximum Gasteiger partial charge on any atom is 0.162 e. The van der Waals surface area contributed by atoms with E-state index in [2.05, 4.69) is 20.5 Å². The van der Waals surface area contributed by atoms with Gasteiger partial charge in [-0.05, 0) is 13.0 Å². The van der Waals surface area contributed by atoms with Crippen molar-refractivity contribution in [3.63, 3.8) is 0 Å². The SMILES string of the molecule is Cc1c(NN)ncnc1-n1ncc2ccccc21. The van der Waals surface area contributed by atoms with Crippen molar-refractivity contribution in [1.29, 1.82) is 0 Å². The summed E-state index contributed by atoms with van der Waals surface area (Å²) < 4.78 is 1.78. The van der Waals surface area contributed by atoms with E-state index >= 15 is 0 Å². The van der Waals surface area contributed by atoms with Gasteiger partial charge in [0.1, 0.15) is 12.1 Å². The summed E-state index contributed by atoms with van der Waals surface area (Å²) in [6.07, 6.45) is 3.28. The van der Waals surface area contributed by atoms with E-state index < -0.39 is 0 Å². The first-order valence-electron chi connectivity index (χ1n) is 5.52. The largest absolute Gasteiger partial charge is 0.308 e. The molecule has 3 aromatic rings. The Morgan fingerprint density at radius 1 is 1.22 bits per heavy atom. The van der Waals surface area contributed by atoms with Crippen LogP contribution in [0.3, 0.4) is 0 Å². The molecule has 0 saturated heterocycles. The summed E-state index contributed by atoms with van der Waals surface area (Å²) >= 11 is 0. The molecular weight excluding hydrogens is 228 g/mol. The van der Waals surface area contributed by atoms with Crippen LogP contribution >= 0.6 is 0 Å². The molecule has 3 N–H and O–H groups in total. The number of rotatable bonds is 2. The Morgan fingerprint density at radius 3 is 2.89 bits per heavy atom. The summed E-state index contributed by atoms with van der Waals surface area (Å²) in [6.45, 7) is 1.90. The fourth-order valence-corrected chi connectivity index (χ4v) is 1.94. The van der Waals surface area contributed by atoms with Gasteiger partial charge in [-0.25, -0.2) is 20.5 Å². The number of aromatic nitrogens is 4. The third-order valence-corrected chi connectivity index (χ3v) is 2.87. The molecule has 0 bridgehead atoms. The zero-order valence-electron chi connectivity index (χ0n) is 9.83. The molecule has 3 rings (SSSR count). The number of para-hydroxylation sites is 1. The lowest BCUT2D eigenvalue weighted by atomic mass is 10.2. The minimum atomic E-state index is 0.597. The molecule has 0 unspecified atom stereocenters. The van der Waals surface area contributed by atoms with Gasteiger partial charge in [0, 0.05) is 10.9 Å². The van der Waals surface area contributed by atoms with Gasteiger partial charge in [-0.15, -0.1) is 0 Å². The molecule has 0 aliphatic rings. The normalized spacial score (nSPS) is 10.8. The third kappa shape index (κ3) is 1.51. The number of nitrogens with zero attached hydrogens (tertiary/aromatic N) is 4. The van der Waals surface area contributed by atoms with Crippen LogP contribution in [-0.2, 0) is 0 Å². The van der Waals surface area contributed by atoms with E-state index in [1.165, 1.54) is 6.33 Å². The highest BCUT2D eigenvalue weighted by Gasteiger charge is 2.11. The standard InChI is InChI=1S/C12H12N6/c1-8-11(17-13)14-7-15-12(8)18-10-5-3-2-4-9(10)6-16-18/h2-7H,13H2,1H3,(H,14,15,17). The average molecular weight is 240 g/mol. The van der Waals surface area contributed by atoms with Crippen LogP contribution in [0.25, 0.3) is 16.7 Å². The van der Waals surface area contributed by atoms with Crippen LogP contribution < -0.4 is 11.3 Å². The van der Waals surface area contributed by atoms with Crippen molar-refractivity contribution in [3.8, 4) is 5.82 Å². The number of nitrogen functional groups attached to an aromatic ring is 1. The quantitative estimate of drug-likeness (QED) is 0.523. The number of nitrogens with two attached hydrogens (primary N) is 1. The molecule has 0 fully saturated rings. The Labute approximate surface area is 103 Å². The Kier molecular flexibility index (Phi) is 2.42. The second-order valence-corrected chi connectivity index (χ2v) is 3.93. The van der Waals surface area contributed by atoms with Crippen molar-refractivity contribution < 1.29 is 0 Å². The van der Waals surface area contributed by atoms with Crippen LogP contribution in [0.1, 0.15) is 5.56 Å². The van der Waals surface area contributed by atoms with Gasteiger partial charge in [0.05, 0.1) is 11.7 Å². The van der Waals surface area contributed by atoms with Crippen LogP contribution in [-0.4, -0.2) is 19.7 Å². The van der Waals surface area contributed by atoms with Crippen molar-refractivity contribution in [1.82, 2.24) is 19.7 Å². The van der Waals surface area contributed by atoms with Gasteiger partial charge in [0.25, 0.3) is 0 Å². The Balaban J connectivity index is 2.26. The molecule has 2 aromatic heterocycles. The van der Waals surface area contributed by atoms with Crippen molar-refractivity contribution in [2.45, 2.75) is 6.92 Å². The Bertz CT molecular complexity index is 703. The lowest BCUT2D eigenvalue weighted by Gasteiger charge is -2.09. The van der Waals surface area contributed by atoms with E-state index in [9.17, 15) is 0 Å². The molecular formula is C12H12N6. The molecule has 0 atom stereocenters. The zero-order chi connectivity index (χ0) is 12.5. The van der Waals surface area contributed by atoms with Crippen LogP contribution in [0.2, 0.25) is 0 Å². The summed E-state index contributed by atoms with van der Waals surface area (Å²) in [5.41, 5.74) is 4.41. The Morgan fingerprint density at radius 2 is 2.06 bits per heavy atom. The molecule has 6 heteroatoms. The molecule has 0 radical (unpaired) electrons. The second kappa shape index (κ2) is 4.08. The van der Waals surface area contributed by atoms with E-state index in [4.69, 9.17) is 5.84 Å². The number of nitrogens with one attached hydrogen (secondary N) is 1. The molecule has 1 aromatic carbocycles. The predicted octanol–water partition coefficient (Wildman–Crippen LogP) is 1.41. The highest BCUT2D eigenvalue weighted by Crippen LogP contribution is 2.21. The predicted molar refractivity (Wildman–Crippen MR) is 69.2 cm³/mol. The molecule has 0 amide bonds. The maximum absolute atomic E-state index is 5.42. The lowest BCUT2D eigenvalue weighted by molar-refractivity contribution is 0.854. The molecule has 0 spiro atoms. The number of hydrogen-bond donors (Lipinski definition) is 2. The van der Waals surface area contributed by atoms with E-state index in [1.54, 1.807) is 4.68 Å². The summed E-state index contributed by atoms with van der Waals surface area (Å²) in [5.74, 6) is 6.73. The molecule has 90 valence electrons. The van der Waals surface area contributed by atoms with Gasteiger partial charge < -0.3 is 5.43 Å². The van der Waals surface area contributed by atoms with E-state index in [1.807, 2.05) is 37.4 Å². The molecule has 0 aliphatic carbocycles. The van der Waals surface area contributed by atoms with E-state index in [0.29, 0.717) is 5.82 Å². The van der Waals surface area contributed by atoms with Crippen molar-refractivity contribution >= 4 is 16.7 Å². The summed E-state index contributed by atoms with van der Waals surface area (Å²) in [5, 5.41) is 5.43. The molecule has 6 nitrogen and oxygen atoms in total. The summed E-state index contributed by atoms with van der Waals surface area (Å²) in [6, 6.07) is 7.96. The topological polar surface area (TPSA) is 81.6 Å². The van der Waals surface area contributed by atoms with Gasteiger partial charge >= 0.3 is 0 Å². The van der Waals surface area contributed by atoms with Gasteiger partial charge in [-0.1, -0.05) is 18.2 Å². The number of hydrogen-bond acceptors (Lipinski definition) is 5. The van der Waals surface area contributed by atoms with Gasteiger partial charge in [0.2, 0.25) is 0 Å². The first kappa shape index (κ1) is 10.7. The number of anilines is 1. The number of fused-ring (bicyclic) bond motifs is 1. The fraction of sp³-hybridized carbons (Fsp3) is 0.0833. The van der Waals surface area contributed by atoms with Crippen LogP contribution in [0.5, 0.6) is 0 Å². The molecule has 18 heavy (non-hydrogen) atoms. The van der Waals surface area contributed by atoms with Gasteiger partial charge in [0.15, 0.2) is 5.82 Å². The maximum atomic E-state index is 5.42. The number of benzene rings is 1. The Hall–Kier alpha value is -2.47. The number of hydrazine groups is 1. The smallest absolute Gasteiger partial charge is 0.162 e. The molecule has 0 saturated carbocycles. The first-order valence-corrected chi connectivity index (χ1v) is 5.52. The van der Waals surface area contributed by atoms with Crippen LogP contribution in [0.15, 0.2) is 36.8 Å². The van der Waals surface area contributed by atoms with Crippen LogP contribution in [0, 0.1) is 6.92 Å². The second-order valence-electron chi connectivity index (χ2n) is 3.93. The van der Waals surface area contributed by atoms with E-state index in [0.717, 1.165) is 22.3 Å². The third-order valence-electron chi connectivity index (χ3n) is 2.87. The molecule has 2 heterocycles. The zero-order valence-corrected chi connectivity index (χ0v) is 9.83. The fourth-order valence-electron chi connectivity index (χ4n) is 1.94. The minimum absolute atomic E-state index is 0.597. The first-order chi connectivity index (χ1) is 8.81. The lowest BCUT2D eigenvalue weighted by Crippen LogP contribution is -2.13. The van der Waals surface area contributed by atoms with Crippen molar-refractivity contribution in [2.75, 3.05) is 5.43 Å². The van der Waals surface area contributed by atoms with Crippen molar-refractivity contribution in [3.05, 3.63) is 42.4 Å². The highest BCUT2D eigenvalue weighted by atomic mass is 15.3. The monoisotopic (exact) mass is 240 g/mol.